The lowest BCUT2D eigenvalue weighted by molar-refractivity contribution is -0.114. The predicted molar refractivity (Wildman–Crippen MR) is 109 cm³/mol. The smallest absolute Gasteiger partial charge is 0.341 e. The van der Waals surface area contributed by atoms with E-state index in [4.69, 9.17) is 4.74 Å². The molecule has 1 amide bonds. The van der Waals surface area contributed by atoms with Crippen molar-refractivity contribution >= 4 is 33.9 Å². The number of fused-ring (bicyclic) bond motifs is 1. The van der Waals surface area contributed by atoms with Gasteiger partial charge in [0.05, 0.1) is 30.6 Å². The maximum atomic E-state index is 14.1. The SMILES string of the molecule is COC(=O)c1c(NC(=O)CNc2cc(-n3cnnn3)ccc2F)sc2c1CCCC2. The Morgan fingerprint density at radius 1 is 1.30 bits per heavy atom. The van der Waals surface area contributed by atoms with E-state index in [-0.39, 0.29) is 12.2 Å². The number of amides is 1. The Bertz CT molecular complexity index is 1080. The summed E-state index contributed by atoms with van der Waals surface area (Å²) in [6.07, 6.45) is 5.11. The van der Waals surface area contributed by atoms with Crippen LogP contribution in [0.25, 0.3) is 5.69 Å². The molecule has 0 radical (unpaired) electrons. The van der Waals surface area contributed by atoms with Crippen molar-refractivity contribution < 1.29 is 18.7 Å². The van der Waals surface area contributed by atoms with Crippen LogP contribution in [0.2, 0.25) is 0 Å². The number of benzene rings is 1. The number of halogens is 1. The molecule has 1 aliphatic carbocycles. The van der Waals surface area contributed by atoms with Crippen LogP contribution < -0.4 is 10.6 Å². The van der Waals surface area contributed by atoms with Crippen LogP contribution in [0.5, 0.6) is 0 Å². The number of carbonyl (C=O) groups excluding carboxylic acids is 2. The van der Waals surface area contributed by atoms with Gasteiger partial charge in [-0.1, -0.05) is 0 Å². The van der Waals surface area contributed by atoms with Crippen molar-refractivity contribution in [2.24, 2.45) is 0 Å². The second-order valence-corrected chi connectivity index (χ2v) is 7.83. The number of aromatic nitrogens is 4. The zero-order valence-electron chi connectivity index (χ0n) is 16.1. The molecular formula is C19H19FN6O3S. The van der Waals surface area contributed by atoms with Crippen molar-refractivity contribution in [3.63, 3.8) is 0 Å². The Hall–Kier alpha value is -3.34. The van der Waals surface area contributed by atoms with Gasteiger partial charge in [-0.25, -0.2) is 13.9 Å². The van der Waals surface area contributed by atoms with Gasteiger partial charge >= 0.3 is 5.97 Å². The van der Waals surface area contributed by atoms with Crippen LogP contribution in [0, 0.1) is 5.82 Å². The third-order valence-corrected chi connectivity index (χ3v) is 6.02. The Morgan fingerprint density at radius 2 is 2.13 bits per heavy atom. The topological polar surface area (TPSA) is 111 Å². The molecule has 0 unspecified atom stereocenters. The van der Waals surface area contributed by atoms with E-state index in [1.165, 1.54) is 47.7 Å². The van der Waals surface area contributed by atoms with Gasteiger partial charge in [0.2, 0.25) is 5.91 Å². The van der Waals surface area contributed by atoms with E-state index >= 15 is 0 Å². The molecule has 11 heteroatoms. The summed E-state index contributed by atoms with van der Waals surface area (Å²) in [5, 5.41) is 16.9. The molecule has 1 aliphatic rings. The van der Waals surface area contributed by atoms with Crippen LogP contribution in [-0.4, -0.2) is 45.7 Å². The minimum Gasteiger partial charge on any atom is -0.465 e. The average molecular weight is 430 g/mol. The van der Waals surface area contributed by atoms with E-state index in [9.17, 15) is 14.0 Å². The molecule has 2 aromatic heterocycles. The summed E-state index contributed by atoms with van der Waals surface area (Å²) in [4.78, 5) is 25.9. The summed E-state index contributed by atoms with van der Waals surface area (Å²) in [6, 6.07) is 4.29. The first-order valence-corrected chi connectivity index (χ1v) is 10.2. The van der Waals surface area contributed by atoms with E-state index < -0.39 is 17.7 Å². The number of hydrogen-bond donors (Lipinski definition) is 2. The van der Waals surface area contributed by atoms with Gasteiger partial charge in [0.25, 0.3) is 0 Å². The van der Waals surface area contributed by atoms with Crippen molar-refractivity contribution in [3.05, 3.63) is 46.3 Å². The Morgan fingerprint density at radius 3 is 2.90 bits per heavy atom. The van der Waals surface area contributed by atoms with Crippen LogP contribution in [0.4, 0.5) is 15.1 Å². The number of aryl methyl sites for hydroxylation is 1. The number of ether oxygens (including phenoxy) is 1. The van der Waals surface area contributed by atoms with Crippen molar-refractivity contribution in [1.82, 2.24) is 20.2 Å². The van der Waals surface area contributed by atoms with Crippen LogP contribution in [0.15, 0.2) is 24.5 Å². The molecule has 3 aromatic rings. The van der Waals surface area contributed by atoms with Crippen LogP contribution in [-0.2, 0) is 22.4 Å². The van der Waals surface area contributed by atoms with Crippen LogP contribution >= 0.6 is 11.3 Å². The number of nitrogens with zero attached hydrogens (tertiary/aromatic N) is 4. The zero-order chi connectivity index (χ0) is 21.1. The summed E-state index contributed by atoms with van der Waals surface area (Å²) >= 11 is 1.40. The van der Waals surface area contributed by atoms with Gasteiger partial charge in [0.1, 0.15) is 17.1 Å². The van der Waals surface area contributed by atoms with Gasteiger partial charge in [0.15, 0.2) is 0 Å². The molecule has 0 fully saturated rings. The fourth-order valence-corrected chi connectivity index (χ4v) is 4.68. The number of rotatable bonds is 6. The maximum Gasteiger partial charge on any atom is 0.341 e. The number of thiophene rings is 1. The molecule has 30 heavy (non-hydrogen) atoms. The molecule has 2 heterocycles. The Labute approximate surface area is 175 Å². The molecule has 0 bridgehead atoms. The van der Waals surface area contributed by atoms with Crippen molar-refractivity contribution in [2.45, 2.75) is 25.7 Å². The molecule has 0 spiro atoms. The van der Waals surface area contributed by atoms with E-state index in [0.29, 0.717) is 16.3 Å². The standard InChI is InChI=1S/C19H19FN6O3S/c1-29-19(28)17-12-4-2-3-5-15(12)30-18(17)23-16(27)9-21-14-8-11(6-7-13(14)20)26-10-22-24-25-26/h6-8,10,21H,2-5,9H2,1H3,(H,23,27). The highest BCUT2D eigenvalue weighted by Crippen LogP contribution is 2.38. The second-order valence-electron chi connectivity index (χ2n) is 6.73. The number of carbonyl (C=O) groups is 2. The summed E-state index contributed by atoms with van der Waals surface area (Å²) in [7, 11) is 1.32. The third kappa shape index (κ3) is 4.01. The average Bonchev–Trinajstić information content (AvgIpc) is 3.40. The normalized spacial score (nSPS) is 12.9. The number of nitrogens with one attached hydrogen (secondary N) is 2. The maximum absolute atomic E-state index is 14.1. The van der Waals surface area contributed by atoms with Crippen molar-refractivity contribution in [3.8, 4) is 5.69 Å². The molecule has 156 valence electrons. The summed E-state index contributed by atoms with van der Waals surface area (Å²) < 4.78 is 20.4. The monoisotopic (exact) mass is 430 g/mol. The highest BCUT2D eigenvalue weighted by atomic mass is 32.1. The largest absolute Gasteiger partial charge is 0.465 e. The van der Waals surface area contributed by atoms with Gasteiger partial charge in [-0.3, -0.25) is 4.79 Å². The van der Waals surface area contributed by atoms with Crippen molar-refractivity contribution in [2.75, 3.05) is 24.3 Å². The number of methoxy groups -OCH3 is 1. The molecule has 0 atom stereocenters. The second kappa shape index (κ2) is 8.57. The van der Waals surface area contributed by atoms with E-state index in [0.717, 1.165) is 36.1 Å². The number of hydrogen-bond acceptors (Lipinski definition) is 8. The fourth-order valence-electron chi connectivity index (χ4n) is 3.39. The minimum atomic E-state index is -0.513. The first-order chi connectivity index (χ1) is 14.6. The predicted octanol–water partition coefficient (Wildman–Crippen LogP) is 2.58. The number of esters is 1. The lowest BCUT2D eigenvalue weighted by Crippen LogP contribution is -2.23. The zero-order valence-corrected chi connectivity index (χ0v) is 17.0. The third-order valence-electron chi connectivity index (χ3n) is 4.82. The summed E-state index contributed by atoms with van der Waals surface area (Å²) in [6.45, 7) is -0.181. The molecule has 0 saturated heterocycles. The number of tetrazole rings is 1. The first-order valence-electron chi connectivity index (χ1n) is 9.36. The summed E-state index contributed by atoms with van der Waals surface area (Å²) in [5.74, 6) is -1.37. The van der Waals surface area contributed by atoms with Gasteiger partial charge < -0.3 is 15.4 Å². The molecule has 4 rings (SSSR count). The summed E-state index contributed by atoms with van der Waals surface area (Å²) in [5.41, 5.74) is 2.07. The van der Waals surface area contributed by atoms with Gasteiger partial charge in [-0.05, 0) is 59.9 Å². The highest BCUT2D eigenvalue weighted by molar-refractivity contribution is 7.17. The minimum absolute atomic E-state index is 0.136. The van der Waals surface area contributed by atoms with Crippen molar-refractivity contribution in [1.29, 1.82) is 0 Å². The van der Waals surface area contributed by atoms with Gasteiger partial charge in [-0.15, -0.1) is 16.4 Å². The molecular weight excluding hydrogens is 411 g/mol. The molecule has 2 N–H and O–H groups in total. The van der Waals surface area contributed by atoms with E-state index in [2.05, 4.69) is 26.2 Å². The quantitative estimate of drug-likeness (QED) is 0.578. The van der Waals surface area contributed by atoms with E-state index in [1.807, 2.05) is 0 Å². The molecule has 0 aliphatic heterocycles. The molecule has 1 aromatic carbocycles. The Kier molecular flexibility index (Phi) is 5.70. The lowest BCUT2D eigenvalue weighted by Gasteiger charge is -2.12. The number of anilines is 2. The lowest BCUT2D eigenvalue weighted by atomic mass is 9.95. The first kappa shape index (κ1) is 20.0. The Balaban J connectivity index is 1.48. The molecule has 9 nitrogen and oxygen atoms in total. The van der Waals surface area contributed by atoms with Crippen LogP contribution in [0.1, 0.15) is 33.6 Å². The van der Waals surface area contributed by atoms with Gasteiger partial charge in [0, 0.05) is 4.88 Å². The molecule has 0 saturated carbocycles. The van der Waals surface area contributed by atoms with Crippen LogP contribution in [0.3, 0.4) is 0 Å². The fraction of sp³-hybridized carbons (Fsp3) is 0.316. The van der Waals surface area contributed by atoms with Gasteiger partial charge in [-0.2, -0.15) is 0 Å². The highest BCUT2D eigenvalue weighted by Gasteiger charge is 2.26. The van der Waals surface area contributed by atoms with E-state index in [1.54, 1.807) is 0 Å².